The van der Waals surface area contributed by atoms with Gasteiger partial charge in [-0.05, 0) is 37.6 Å². The summed E-state index contributed by atoms with van der Waals surface area (Å²) < 4.78 is 48.1. The van der Waals surface area contributed by atoms with Crippen molar-refractivity contribution >= 4 is 11.9 Å². The molecule has 0 aromatic heterocycles. The van der Waals surface area contributed by atoms with Gasteiger partial charge in [0.2, 0.25) is 0 Å². The first kappa shape index (κ1) is 21.1. The van der Waals surface area contributed by atoms with Crippen LogP contribution in [0.1, 0.15) is 31.8 Å². The Hall–Kier alpha value is -3.16. The van der Waals surface area contributed by atoms with E-state index >= 15 is 0 Å². The van der Waals surface area contributed by atoms with Gasteiger partial charge in [-0.2, -0.15) is 0 Å². The Morgan fingerprint density at radius 3 is 2.11 bits per heavy atom. The van der Waals surface area contributed by atoms with E-state index in [0.29, 0.717) is 0 Å². The first-order valence-corrected chi connectivity index (χ1v) is 8.31. The summed E-state index contributed by atoms with van der Waals surface area (Å²) in [6.45, 7) is 2.82. The van der Waals surface area contributed by atoms with Crippen molar-refractivity contribution in [2.45, 2.75) is 13.8 Å². The molecule has 2 rings (SSSR count). The van der Waals surface area contributed by atoms with Crippen molar-refractivity contribution in [2.24, 2.45) is 0 Å². The molecule has 0 amide bonds. The first-order chi connectivity index (χ1) is 13.3. The van der Waals surface area contributed by atoms with E-state index < -0.39 is 23.6 Å². The fourth-order valence-corrected chi connectivity index (χ4v) is 2.47. The van der Waals surface area contributed by atoms with Gasteiger partial charge in [0.15, 0.2) is 11.6 Å². The second-order valence-corrected chi connectivity index (χ2v) is 5.81. The maximum absolute atomic E-state index is 14.3. The summed E-state index contributed by atoms with van der Waals surface area (Å²) in [7, 11) is 2.41. The number of ether oxygens (including phenoxy) is 4. The lowest BCUT2D eigenvalue weighted by molar-refractivity contribution is 0.0590. The van der Waals surface area contributed by atoms with E-state index in [-0.39, 0.29) is 47.0 Å². The van der Waals surface area contributed by atoms with Gasteiger partial charge in [0.25, 0.3) is 0 Å². The van der Waals surface area contributed by atoms with Gasteiger partial charge in [-0.3, -0.25) is 0 Å². The summed E-state index contributed by atoms with van der Waals surface area (Å²) in [5.74, 6) is -2.56. The topological polar surface area (TPSA) is 71.1 Å². The molecule has 0 saturated heterocycles. The lowest BCUT2D eigenvalue weighted by Gasteiger charge is -2.13. The highest BCUT2D eigenvalue weighted by atomic mass is 19.1. The second kappa shape index (κ2) is 9.16. The first-order valence-electron chi connectivity index (χ1n) is 8.31. The summed E-state index contributed by atoms with van der Waals surface area (Å²) in [6, 6.07) is 5.21. The zero-order chi connectivity index (χ0) is 20.8. The van der Waals surface area contributed by atoms with Crippen molar-refractivity contribution in [3.63, 3.8) is 0 Å². The Bertz CT molecular complexity index is 895. The maximum Gasteiger partial charge on any atom is 0.338 e. The number of methoxy groups -OCH3 is 2. The Balaban J connectivity index is 2.02. The zero-order valence-electron chi connectivity index (χ0n) is 15.9. The van der Waals surface area contributed by atoms with Crippen molar-refractivity contribution in [3.8, 4) is 11.5 Å². The lowest BCUT2D eigenvalue weighted by Crippen LogP contribution is -2.12. The second-order valence-electron chi connectivity index (χ2n) is 5.81. The van der Waals surface area contributed by atoms with Gasteiger partial charge in [0.05, 0.1) is 25.3 Å². The summed E-state index contributed by atoms with van der Waals surface area (Å²) in [5.41, 5.74) is 0.417. The smallest absolute Gasteiger partial charge is 0.338 e. The van der Waals surface area contributed by atoms with E-state index in [2.05, 4.69) is 9.47 Å². The van der Waals surface area contributed by atoms with Gasteiger partial charge in [-0.25, -0.2) is 18.4 Å². The van der Waals surface area contributed by atoms with Crippen LogP contribution in [0, 0.1) is 25.5 Å². The van der Waals surface area contributed by atoms with E-state index in [1.54, 1.807) is 0 Å². The number of carbonyl (C=O) groups excluding carboxylic acids is 2. The fraction of sp³-hybridized carbons (Fsp3) is 0.300. The molecule has 0 unspecified atom stereocenters. The molecule has 0 aliphatic carbocycles. The normalized spacial score (nSPS) is 10.4. The fourth-order valence-electron chi connectivity index (χ4n) is 2.47. The van der Waals surface area contributed by atoms with E-state index in [4.69, 9.17) is 9.47 Å². The molecule has 28 heavy (non-hydrogen) atoms. The number of halogens is 2. The predicted molar refractivity (Wildman–Crippen MR) is 95.9 cm³/mol. The molecular weight excluding hydrogens is 374 g/mol. The number of esters is 2. The SMILES string of the molecule is COC(=O)c1cc(OCCOc2ccc(C(=O)OC)c(C)c2F)cc(F)c1C. The van der Waals surface area contributed by atoms with Crippen LogP contribution in [0.2, 0.25) is 0 Å². The molecule has 2 aromatic rings. The minimum atomic E-state index is -0.683. The van der Waals surface area contributed by atoms with E-state index in [9.17, 15) is 18.4 Å². The average molecular weight is 394 g/mol. The third-order valence-corrected chi connectivity index (χ3v) is 4.09. The van der Waals surface area contributed by atoms with Crippen LogP contribution < -0.4 is 9.47 Å². The largest absolute Gasteiger partial charge is 0.490 e. The number of rotatable bonds is 7. The predicted octanol–water partition coefficient (Wildman–Crippen LogP) is 3.61. The Labute approximate surface area is 161 Å². The summed E-state index contributed by atoms with van der Waals surface area (Å²) in [5, 5.41) is 0. The monoisotopic (exact) mass is 394 g/mol. The molecule has 2 aromatic carbocycles. The van der Waals surface area contributed by atoms with Crippen LogP contribution >= 0.6 is 0 Å². The summed E-state index contributed by atoms with van der Waals surface area (Å²) in [6.07, 6.45) is 0. The Morgan fingerprint density at radius 1 is 0.857 bits per heavy atom. The number of carbonyl (C=O) groups is 2. The number of hydrogen-bond acceptors (Lipinski definition) is 6. The van der Waals surface area contributed by atoms with Crippen molar-refractivity contribution in [3.05, 3.63) is 58.2 Å². The highest BCUT2D eigenvalue weighted by molar-refractivity contribution is 5.91. The maximum atomic E-state index is 14.3. The summed E-state index contributed by atoms with van der Waals surface area (Å²) >= 11 is 0. The standard InChI is InChI=1S/C20H20F2O6/c1-11-15(20(24)26-4)9-13(10-16(11)21)27-7-8-28-17-6-5-14(19(23)25-3)12(2)18(17)22/h5-6,9-10H,7-8H2,1-4H3. The highest BCUT2D eigenvalue weighted by Crippen LogP contribution is 2.25. The molecule has 0 saturated carbocycles. The van der Waals surface area contributed by atoms with Crippen molar-refractivity contribution < 1.29 is 37.3 Å². The van der Waals surface area contributed by atoms with Crippen molar-refractivity contribution in [1.82, 2.24) is 0 Å². The molecule has 6 nitrogen and oxygen atoms in total. The van der Waals surface area contributed by atoms with Gasteiger partial charge in [-0.1, -0.05) is 0 Å². The van der Waals surface area contributed by atoms with Crippen LogP contribution in [0.25, 0.3) is 0 Å². The molecule has 0 atom stereocenters. The lowest BCUT2D eigenvalue weighted by atomic mass is 10.1. The van der Waals surface area contributed by atoms with Crippen LogP contribution in [0.5, 0.6) is 11.5 Å². The summed E-state index contributed by atoms with van der Waals surface area (Å²) in [4.78, 5) is 23.2. The van der Waals surface area contributed by atoms with Crippen LogP contribution in [0.3, 0.4) is 0 Å². The van der Waals surface area contributed by atoms with Gasteiger partial charge in [0, 0.05) is 11.6 Å². The van der Waals surface area contributed by atoms with Crippen molar-refractivity contribution in [2.75, 3.05) is 27.4 Å². The van der Waals surface area contributed by atoms with Crippen LogP contribution in [0.15, 0.2) is 24.3 Å². The number of hydrogen-bond donors (Lipinski definition) is 0. The van der Waals surface area contributed by atoms with Crippen LogP contribution in [-0.2, 0) is 9.47 Å². The Kier molecular flexibility index (Phi) is 6.92. The third-order valence-electron chi connectivity index (χ3n) is 4.09. The van der Waals surface area contributed by atoms with E-state index in [0.717, 1.165) is 6.07 Å². The van der Waals surface area contributed by atoms with Gasteiger partial charge in [-0.15, -0.1) is 0 Å². The quantitative estimate of drug-likeness (QED) is 0.528. The molecular formula is C20H20F2O6. The molecule has 0 aliphatic rings. The number of benzene rings is 2. The minimum Gasteiger partial charge on any atom is -0.490 e. The van der Waals surface area contributed by atoms with Crippen LogP contribution in [-0.4, -0.2) is 39.4 Å². The average Bonchev–Trinajstić information content (AvgIpc) is 2.69. The molecule has 8 heteroatoms. The molecule has 0 spiro atoms. The Morgan fingerprint density at radius 2 is 1.46 bits per heavy atom. The molecule has 0 fully saturated rings. The zero-order valence-corrected chi connectivity index (χ0v) is 15.9. The minimum absolute atomic E-state index is 0.0274. The molecule has 150 valence electrons. The third kappa shape index (κ3) is 4.57. The molecule has 0 N–H and O–H groups in total. The highest BCUT2D eigenvalue weighted by Gasteiger charge is 2.17. The van der Waals surface area contributed by atoms with Crippen molar-refractivity contribution in [1.29, 1.82) is 0 Å². The van der Waals surface area contributed by atoms with E-state index in [1.165, 1.54) is 46.3 Å². The van der Waals surface area contributed by atoms with Gasteiger partial charge >= 0.3 is 11.9 Å². The van der Waals surface area contributed by atoms with E-state index in [1.807, 2.05) is 0 Å². The molecule has 0 bridgehead atoms. The van der Waals surface area contributed by atoms with Gasteiger partial charge < -0.3 is 18.9 Å². The molecule has 0 heterocycles. The molecule has 0 aliphatic heterocycles. The van der Waals surface area contributed by atoms with Gasteiger partial charge in [0.1, 0.15) is 24.8 Å². The molecule has 0 radical (unpaired) electrons. The van der Waals surface area contributed by atoms with Crippen LogP contribution in [0.4, 0.5) is 8.78 Å².